The van der Waals surface area contributed by atoms with Crippen LogP contribution in [0.1, 0.15) is 17.3 Å². The van der Waals surface area contributed by atoms with Crippen LogP contribution in [0.4, 0.5) is 5.13 Å². The molecule has 35 heavy (non-hydrogen) atoms. The van der Waals surface area contributed by atoms with Crippen molar-refractivity contribution in [3.63, 3.8) is 0 Å². The first kappa shape index (κ1) is 24.1. The van der Waals surface area contributed by atoms with Crippen LogP contribution in [0.25, 0.3) is 10.2 Å². The minimum absolute atomic E-state index is 0.148. The van der Waals surface area contributed by atoms with E-state index < -0.39 is 16.0 Å². The summed E-state index contributed by atoms with van der Waals surface area (Å²) >= 11 is 1.59. The van der Waals surface area contributed by atoms with Crippen molar-refractivity contribution in [2.24, 2.45) is 0 Å². The van der Waals surface area contributed by atoms with E-state index in [1.807, 2.05) is 12.1 Å². The van der Waals surface area contributed by atoms with E-state index in [0.717, 1.165) is 48.1 Å². The second-order valence-corrected chi connectivity index (χ2v) is 11.4. The molecule has 0 N–H and O–H groups in total. The number of benzene rings is 2. The van der Waals surface area contributed by atoms with E-state index >= 15 is 0 Å². The zero-order valence-electron chi connectivity index (χ0n) is 19.6. The lowest BCUT2D eigenvalue weighted by Gasteiger charge is -2.33. The maximum Gasteiger partial charge on any atom is 0.343 e. The van der Waals surface area contributed by atoms with E-state index in [1.165, 1.54) is 28.6 Å². The summed E-state index contributed by atoms with van der Waals surface area (Å²) in [5.41, 5.74) is 1.16. The summed E-state index contributed by atoms with van der Waals surface area (Å²) < 4.78 is 38.7. The van der Waals surface area contributed by atoms with E-state index in [0.29, 0.717) is 32.1 Å². The fraction of sp³-hybridized carbons (Fsp3) is 0.417. The molecule has 0 aliphatic carbocycles. The van der Waals surface area contributed by atoms with Gasteiger partial charge in [-0.1, -0.05) is 18.3 Å². The summed E-state index contributed by atoms with van der Waals surface area (Å²) in [4.78, 5) is 22.3. The van der Waals surface area contributed by atoms with Crippen molar-refractivity contribution < 1.29 is 22.7 Å². The number of rotatable bonds is 6. The molecule has 2 aliphatic rings. The number of hydrogen-bond donors (Lipinski definition) is 0. The Kier molecular flexibility index (Phi) is 7.03. The van der Waals surface area contributed by atoms with Gasteiger partial charge >= 0.3 is 5.97 Å². The zero-order chi connectivity index (χ0) is 24.4. The molecule has 0 bridgehead atoms. The molecule has 0 radical (unpaired) electrons. The van der Waals surface area contributed by atoms with Crippen molar-refractivity contribution >= 4 is 42.7 Å². The Morgan fingerprint density at radius 3 is 2.43 bits per heavy atom. The van der Waals surface area contributed by atoms with Crippen molar-refractivity contribution in [3.8, 4) is 5.75 Å². The van der Waals surface area contributed by atoms with E-state index in [2.05, 4.69) is 16.7 Å². The van der Waals surface area contributed by atoms with Gasteiger partial charge in [0.1, 0.15) is 5.75 Å². The number of carbonyl (C=O) groups is 1. The van der Waals surface area contributed by atoms with Crippen LogP contribution >= 0.6 is 11.3 Å². The molecule has 0 saturated carbocycles. The minimum Gasteiger partial charge on any atom is -0.423 e. The van der Waals surface area contributed by atoms with E-state index in [-0.39, 0.29) is 10.5 Å². The largest absolute Gasteiger partial charge is 0.423 e. The van der Waals surface area contributed by atoms with Gasteiger partial charge in [0.05, 0.1) is 33.9 Å². The molecule has 1 aromatic heterocycles. The number of thiazole rings is 1. The summed E-state index contributed by atoms with van der Waals surface area (Å²) in [5, 5.41) is 0.983. The number of sulfonamides is 1. The molecule has 0 amide bonds. The van der Waals surface area contributed by atoms with Crippen LogP contribution in [0, 0.1) is 0 Å². The van der Waals surface area contributed by atoms with Crippen molar-refractivity contribution in [2.75, 3.05) is 63.9 Å². The SMILES string of the molecule is CCN1CCN(c2nc3ccc(OC(=O)c4ccc(S(=O)(=O)N5CCOCC5)cc4)cc3s2)CC1. The van der Waals surface area contributed by atoms with Crippen molar-refractivity contribution in [1.82, 2.24) is 14.2 Å². The molecule has 3 heterocycles. The maximum atomic E-state index is 12.8. The monoisotopic (exact) mass is 516 g/mol. The van der Waals surface area contributed by atoms with Crippen LogP contribution < -0.4 is 9.64 Å². The van der Waals surface area contributed by atoms with Crippen molar-refractivity contribution in [3.05, 3.63) is 48.0 Å². The topological polar surface area (TPSA) is 92.3 Å². The average Bonchev–Trinajstić information content (AvgIpc) is 3.33. The molecule has 0 atom stereocenters. The summed E-state index contributed by atoms with van der Waals surface area (Å²) in [5.74, 6) is -0.112. The molecule has 0 unspecified atom stereocenters. The number of anilines is 1. The van der Waals surface area contributed by atoms with Gasteiger partial charge in [-0.05, 0) is 42.9 Å². The van der Waals surface area contributed by atoms with E-state index in [4.69, 9.17) is 14.5 Å². The molecular weight excluding hydrogens is 488 g/mol. The third-order valence-electron chi connectivity index (χ3n) is 6.35. The van der Waals surface area contributed by atoms with Gasteiger partial charge in [0, 0.05) is 45.3 Å². The standard InChI is InChI=1S/C24H28N4O5S2/c1-2-26-9-11-27(12-10-26)24-25-21-8-5-19(17-22(21)34-24)33-23(29)18-3-6-20(7-4-18)35(30,31)28-13-15-32-16-14-28/h3-8,17H,2,9-16H2,1H3. The van der Waals surface area contributed by atoms with Gasteiger partial charge < -0.3 is 19.3 Å². The number of likely N-dealkylation sites (N-methyl/N-ethyl adjacent to an activating group) is 1. The number of esters is 1. The predicted octanol–water partition coefficient (Wildman–Crippen LogP) is 2.68. The Balaban J connectivity index is 1.26. The lowest BCUT2D eigenvalue weighted by molar-refractivity contribution is 0.0730. The summed E-state index contributed by atoms with van der Waals surface area (Å²) in [6.45, 7) is 8.61. The average molecular weight is 517 g/mol. The van der Waals surface area contributed by atoms with Crippen molar-refractivity contribution in [2.45, 2.75) is 11.8 Å². The second-order valence-electron chi connectivity index (χ2n) is 8.48. The maximum absolute atomic E-state index is 12.8. The zero-order valence-corrected chi connectivity index (χ0v) is 21.2. The van der Waals surface area contributed by atoms with Gasteiger partial charge in [0.2, 0.25) is 10.0 Å². The third-order valence-corrected chi connectivity index (χ3v) is 9.34. The summed E-state index contributed by atoms with van der Waals surface area (Å²) in [6.07, 6.45) is 0. The van der Waals surface area contributed by atoms with E-state index in [9.17, 15) is 13.2 Å². The second kappa shape index (κ2) is 10.2. The predicted molar refractivity (Wildman–Crippen MR) is 135 cm³/mol. The van der Waals surface area contributed by atoms with Crippen LogP contribution in [0.3, 0.4) is 0 Å². The molecule has 9 nitrogen and oxygen atoms in total. The highest BCUT2D eigenvalue weighted by atomic mass is 32.2. The number of hydrogen-bond acceptors (Lipinski definition) is 9. The molecule has 2 saturated heterocycles. The van der Waals surface area contributed by atoms with Crippen LogP contribution in [0.15, 0.2) is 47.4 Å². The Morgan fingerprint density at radius 2 is 1.74 bits per heavy atom. The molecular formula is C24H28N4O5S2. The lowest BCUT2D eigenvalue weighted by Crippen LogP contribution is -2.46. The molecule has 11 heteroatoms. The van der Waals surface area contributed by atoms with Gasteiger partial charge in [-0.25, -0.2) is 18.2 Å². The molecule has 186 valence electrons. The number of aromatic nitrogens is 1. The Morgan fingerprint density at radius 1 is 1.03 bits per heavy atom. The van der Waals surface area contributed by atoms with Crippen LogP contribution in [-0.4, -0.2) is 87.6 Å². The molecule has 2 fully saturated rings. The first-order chi connectivity index (χ1) is 16.9. The highest BCUT2D eigenvalue weighted by molar-refractivity contribution is 7.89. The van der Waals surface area contributed by atoms with Crippen LogP contribution in [0.2, 0.25) is 0 Å². The van der Waals surface area contributed by atoms with Gasteiger partial charge in [-0.3, -0.25) is 0 Å². The molecule has 0 spiro atoms. The number of morpholine rings is 1. The normalized spacial score (nSPS) is 18.1. The van der Waals surface area contributed by atoms with Gasteiger partial charge in [-0.15, -0.1) is 0 Å². The first-order valence-corrected chi connectivity index (χ1v) is 14.0. The number of carbonyl (C=O) groups excluding carboxylic acids is 1. The summed E-state index contributed by atoms with van der Waals surface area (Å²) in [7, 11) is -3.61. The highest BCUT2D eigenvalue weighted by Gasteiger charge is 2.26. The Labute approximate surface area is 208 Å². The summed E-state index contributed by atoms with van der Waals surface area (Å²) in [6, 6.07) is 11.3. The fourth-order valence-corrected chi connectivity index (χ4v) is 6.67. The number of piperazine rings is 1. The Hall–Kier alpha value is -2.57. The smallest absolute Gasteiger partial charge is 0.343 e. The third kappa shape index (κ3) is 5.19. The molecule has 2 aliphatic heterocycles. The van der Waals surface area contributed by atoms with Crippen LogP contribution in [0.5, 0.6) is 5.75 Å². The fourth-order valence-electron chi connectivity index (χ4n) is 4.21. The number of fused-ring (bicyclic) bond motifs is 1. The highest BCUT2D eigenvalue weighted by Crippen LogP contribution is 2.32. The van der Waals surface area contributed by atoms with Gasteiger partial charge in [0.25, 0.3) is 0 Å². The number of nitrogens with zero attached hydrogens (tertiary/aromatic N) is 4. The van der Waals surface area contributed by atoms with Gasteiger partial charge in [-0.2, -0.15) is 4.31 Å². The van der Waals surface area contributed by atoms with Gasteiger partial charge in [0.15, 0.2) is 5.13 Å². The minimum atomic E-state index is -3.61. The van der Waals surface area contributed by atoms with E-state index in [1.54, 1.807) is 17.4 Å². The Bertz CT molecular complexity index is 1300. The molecule has 5 rings (SSSR count). The lowest BCUT2D eigenvalue weighted by atomic mass is 10.2. The molecule has 3 aromatic rings. The first-order valence-electron chi connectivity index (χ1n) is 11.7. The molecule has 2 aromatic carbocycles. The van der Waals surface area contributed by atoms with Crippen molar-refractivity contribution in [1.29, 1.82) is 0 Å². The van der Waals surface area contributed by atoms with Crippen LogP contribution in [-0.2, 0) is 14.8 Å². The number of ether oxygens (including phenoxy) is 2. The quantitative estimate of drug-likeness (QED) is 0.365.